The van der Waals surface area contributed by atoms with Gasteiger partial charge < -0.3 is 15.3 Å². The summed E-state index contributed by atoms with van der Waals surface area (Å²) < 4.78 is 0. The Hall–Kier alpha value is -1.10. The van der Waals surface area contributed by atoms with Crippen LogP contribution in [-0.4, -0.2) is 39.4 Å². The maximum Gasteiger partial charge on any atom is 0.121 e. The van der Waals surface area contributed by atoms with Crippen molar-refractivity contribution in [1.82, 2.24) is 4.90 Å². The number of hydrogen-bond acceptors (Lipinski definition) is 4. The molecular weight excluding hydrogens is 254 g/mol. The van der Waals surface area contributed by atoms with E-state index in [1.807, 2.05) is 20.9 Å². The van der Waals surface area contributed by atoms with Crippen LogP contribution in [0.25, 0.3) is 0 Å². The summed E-state index contributed by atoms with van der Waals surface area (Å²) in [6.07, 6.45) is -0.639. The minimum atomic E-state index is -0.639. The van der Waals surface area contributed by atoms with Crippen LogP contribution in [0.2, 0.25) is 0 Å². The first-order valence-electron chi connectivity index (χ1n) is 7.07. The molecule has 116 valence electrons. The second kappa shape index (κ2) is 8.25. The van der Waals surface area contributed by atoms with Crippen LogP contribution >= 0.6 is 0 Å². The summed E-state index contributed by atoms with van der Waals surface area (Å²) in [4.78, 5) is 2.06. The summed E-state index contributed by atoms with van der Waals surface area (Å²) in [6.45, 7) is 10.5. The zero-order valence-corrected chi connectivity index (χ0v) is 13.5. The van der Waals surface area contributed by atoms with Gasteiger partial charge in [-0.15, -0.1) is 0 Å². The van der Waals surface area contributed by atoms with Crippen molar-refractivity contribution in [3.63, 3.8) is 0 Å². The first kappa shape index (κ1) is 18.9. The molecule has 0 amide bonds. The van der Waals surface area contributed by atoms with Crippen LogP contribution in [-0.2, 0) is 6.61 Å². The highest BCUT2D eigenvalue weighted by Gasteiger charge is 2.20. The molecule has 1 aromatic carbocycles. The molecule has 20 heavy (non-hydrogen) atoms. The quantitative estimate of drug-likeness (QED) is 0.795. The average Bonchev–Trinajstić information content (AvgIpc) is 2.40. The van der Waals surface area contributed by atoms with Crippen molar-refractivity contribution in [2.24, 2.45) is 0 Å². The molecule has 0 bridgehead atoms. The monoisotopic (exact) mass is 283 g/mol. The average molecular weight is 283 g/mol. The number of aromatic hydroxyl groups is 1. The molecule has 0 aromatic heterocycles. The Morgan fingerprint density at radius 1 is 1.20 bits per heavy atom. The molecule has 0 aliphatic heterocycles. The van der Waals surface area contributed by atoms with Gasteiger partial charge in [0.15, 0.2) is 0 Å². The maximum absolute atomic E-state index is 10.2. The lowest BCUT2D eigenvalue weighted by Gasteiger charge is -2.33. The minimum absolute atomic E-state index is 0.0162. The molecular formula is C16H29NO3. The molecule has 0 radical (unpaired) electrons. The van der Waals surface area contributed by atoms with Crippen molar-refractivity contribution in [2.75, 3.05) is 13.6 Å². The van der Waals surface area contributed by atoms with Gasteiger partial charge in [0.1, 0.15) is 5.75 Å². The van der Waals surface area contributed by atoms with Crippen molar-refractivity contribution in [2.45, 2.75) is 52.9 Å². The first-order chi connectivity index (χ1) is 9.25. The zero-order chi connectivity index (χ0) is 15.9. The largest absolute Gasteiger partial charge is 0.508 e. The molecule has 1 unspecified atom stereocenters. The summed E-state index contributed by atoms with van der Waals surface area (Å²) in [7, 11) is 1.95. The molecule has 0 saturated carbocycles. The fraction of sp³-hybridized carbons (Fsp3) is 0.625. The Balaban J connectivity index is 0.00000172. The molecule has 0 fully saturated rings. The van der Waals surface area contributed by atoms with Gasteiger partial charge >= 0.3 is 0 Å². The van der Waals surface area contributed by atoms with E-state index in [4.69, 9.17) is 5.11 Å². The standard InChI is InChI=1S/C14H23NO3.C2H6/c1-14(2,3)15(4)8-13(18)10-5-6-12(17)11(7-10)9-16;1-2/h5-7,13,16-18H,8-9H2,1-4H3;1-2H3. The van der Waals surface area contributed by atoms with E-state index in [-0.39, 0.29) is 17.9 Å². The summed E-state index contributed by atoms with van der Waals surface area (Å²) >= 11 is 0. The highest BCUT2D eigenvalue weighted by Crippen LogP contribution is 2.24. The highest BCUT2D eigenvalue weighted by molar-refractivity contribution is 5.36. The third kappa shape index (κ3) is 5.49. The Kier molecular flexibility index (Phi) is 7.79. The van der Waals surface area contributed by atoms with E-state index >= 15 is 0 Å². The molecule has 1 atom stereocenters. The van der Waals surface area contributed by atoms with Gasteiger partial charge in [-0.25, -0.2) is 0 Å². The lowest BCUT2D eigenvalue weighted by Crippen LogP contribution is -2.40. The van der Waals surface area contributed by atoms with Gasteiger partial charge in [-0.05, 0) is 45.5 Å². The van der Waals surface area contributed by atoms with Gasteiger partial charge in [-0.2, -0.15) is 0 Å². The number of β-amino-alcohol motifs (C(OH)–C–C–N with tert-alkyl or cyclic N) is 1. The molecule has 3 N–H and O–H groups in total. The first-order valence-corrected chi connectivity index (χ1v) is 7.07. The fourth-order valence-corrected chi connectivity index (χ4v) is 1.58. The van der Waals surface area contributed by atoms with E-state index in [1.165, 1.54) is 6.07 Å². The number of likely N-dealkylation sites (N-methyl/N-ethyl adjacent to an activating group) is 1. The molecule has 0 aliphatic rings. The normalized spacial score (nSPS) is 12.8. The molecule has 1 rings (SSSR count). The van der Waals surface area contributed by atoms with Crippen molar-refractivity contribution >= 4 is 0 Å². The maximum atomic E-state index is 10.2. The van der Waals surface area contributed by atoms with Gasteiger partial charge in [-0.1, -0.05) is 19.9 Å². The van der Waals surface area contributed by atoms with Crippen molar-refractivity contribution in [1.29, 1.82) is 0 Å². The zero-order valence-electron chi connectivity index (χ0n) is 13.5. The number of phenols is 1. The second-order valence-electron chi connectivity index (χ2n) is 5.61. The van der Waals surface area contributed by atoms with Crippen LogP contribution in [0.1, 0.15) is 51.8 Å². The molecule has 4 nitrogen and oxygen atoms in total. The summed E-state index contributed by atoms with van der Waals surface area (Å²) in [5.41, 5.74) is 1.12. The van der Waals surface area contributed by atoms with E-state index in [1.54, 1.807) is 12.1 Å². The molecule has 1 aromatic rings. The smallest absolute Gasteiger partial charge is 0.121 e. The summed E-state index contributed by atoms with van der Waals surface area (Å²) in [6, 6.07) is 4.81. The third-order valence-corrected chi connectivity index (χ3v) is 3.25. The van der Waals surface area contributed by atoms with Crippen LogP contribution in [0, 0.1) is 0 Å². The Bertz CT molecular complexity index is 399. The van der Waals surface area contributed by atoms with Crippen molar-refractivity contribution in [3.05, 3.63) is 29.3 Å². The third-order valence-electron chi connectivity index (χ3n) is 3.25. The number of nitrogens with zero attached hydrogens (tertiary/aromatic N) is 1. The van der Waals surface area contributed by atoms with Crippen LogP contribution < -0.4 is 0 Å². The van der Waals surface area contributed by atoms with Crippen LogP contribution in [0.15, 0.2) is 18.2 Å². The van der Waals surface area contributed by atoms with Gasteiger partial charge in [0.05, 0.1) is 12.7 Å². The molecule has 0 aliphatic carbocycles. The molecule has 0 spiro atoms. The van der Waals surface area contributed by atoms with Gasteiger partial charge in [-0.3, -0.25) is 4.90 Å². The van der Waals surface area contributed by atoms with E-state index in [2.05, 4.69) is 25.7 Å². The van der Waals surface area contributed by atoms with Crippen molar-refractivity contribution in [3.8, 4) is 5.75 Å². The minimum Gasteiger partial charge on any atom is -0.508 e. The van der Waals surface area contributed by atoms with Gasteiger partial charge in [0.2, 0.25) is 0 Å². The van der Waals surface area contributed by atoms with E-state index in [0.29, 0.717) is 17.7 Å². The van der Waals surface area contributed by atoms with Crippen LogP contribution in [0.5, 0.6) is 5.75 Å². The number of hydrogen-bond donors (Lipinski definition) is 3. The number of aliphatic hydroxyl groups excluding tert-OH is 2. The Morgan fingerprint density at radius 3 is 2.20 bits per heavy atom. The number of aliphatic hydroxyl groups is 2. The van der Waals surface area contributed by atoms with E-state index in [9.17, 15) is 10.2 Å². The van der Waals surface area contributed by atoms with E-state index in [0.717, 1.165) is 0 Å². The SMILES string of the molecule is CC.CN(CC(O)c1ccc(O)c(CO)c1)C(C)(C)C. The predicted octanol–water partition coefficient (Wildman–Crippen LogP) is 2.67. The second-order valence-corrected chi connectivity index (χ2v) is 5.61. The van der Waals surface area contributed by atoms with Crippen LogP contribution in [0.3, 0.4) is 0 Å². The molecule has 0 saturated heterocycles. The molecule has 0 heterocycles. The van der Waals surface area contributed by atoms with Crippen molar-refractivity contribution < 1.29 is 15.3 Å². The lowest BCUT2D eigenvalue weighted by atomic mass is 10.0. The fourth-order valence-electron chi connectivity index (χ4n) is 1.58. The molecule has 4 heteroatoms. The Labute approximate surface area is 122 Å². The Morgan fingerprint density at radius 2 is 1.75 bits per heavy atom. The van der Waals surface area contributed by atoms with Crippen LogP contribution in [0.4, 0.5) is 0 Å². The number of rotatable bonds is 4. The highest BCUT2D eigenvalue weighted by atomic mass is 16.3. The summed E-state index contributed by atoms with van der Waals surface area (Å²) in [5.74, 6) is 0.0534. The topological polar surface area (TPSA) is 63.9 Å². The van der Waals surface area contributed by atoms with E-state index < -0.39 is 6.10 Å². The van der Waals surface area contributed by atoms with Gasteiger partial charge in [0, 0.05) is 17.6 Å². The summed E-state index contributed by atoms with van der Waals surface area (Å²) in [5, 5.41) is 28.7. The van der Waals surface area contributed by atoms with Gasteiger partial charge in [0.25, 0.3) is 0 Å². The predicted molar refractivity (Wildman–Crippen MR) is 82.7 cm³/mol. The number of benzene rings is 1. The lowest BCUT2D eigenvalue weighted by molar-refractivity contribution is 0.0788.